The van der Waals surface area contributed by atoms with Crippen LogP contribution < -0.4 is 9.64 Å². The van der Waals surface area contributed by atoms with E-state index in [4.69, 9.17) is 4.74 Å². The average Bonchev–Trinajstić information content (AvgIpc) is 3.62. The number of hydrogen-bond donors (Lipinski definition) is 1. The predicted molar refractivity (Wildman–Crippen MR) is 132 cm³/mol. The van der Waals surface area contributed by atoms with Gasteiger partial charge < -0.3 is 9.84 Å². The van der Waals surface area contributed by atoms with Crippen LogP contribution in [0, 0.1) is 5.92 Å². The standard InChI is InChI=1S/C27H26N2O4S/c1-2-33-26-21(8-5-14-28-26)23-22(24(30)18-6-3-4-7-18)25(31)27(32)29(23)20-11-9-17(10-12-20)19-13-15-34-16-19/h5,8-16,18,23,31H,2-4,6-7H2,1H3. The predicted octanol–water partition coefficient (Wildman–Crippen LogP) is 5.87. The van der Waals surface area contributed by atoms with Crippen LogP contribution in [0.25, 0.3) is 11.1 Å². The van der Waals surface area contributed by atoms with Gasteiger partial charge in [0.05, 0.1) is 12.2 Å². The van der Waals surface area contributed by atoms with Gasteiger partial charge in [-0.2, -0.15) is 11.3 Å². The van der Waals surface area contributed by atoms with Crippen molar-refractivity contribution in [1.29, 1.82) is 0 Å². The molecule has 6 nitrogen and oxygen atoms in total. The Bertz CT molecular complexity index is 1230. The van der Waals surface area contributed by atoms with Gasteiger partial charge in [0.25, 0.3) is 5.91 Å². The number of thiophene rings is 1. The van der Waals surface area contributed by atoms with Crippen molar-refractivity contribution in [3.63, 3.8) is 0 Å². The first-order valence-electron chi connectivity index (χ1n) is 11.6. The van der Waals surface area contributed by atoms with E-state index < -0.39 is 17.7 Å². The Labute approximate surface area is 202 Å². The van der Waals surface area contributed by atoms with Crippen molar-refractivity contribution in [2.45, 2.75) is 38.6 Å². The molecule has 0 spiro atoms. The van der Waals surface area contributed by atoms with Crippen LogP contribution in [0.1, 0.15) is 44.2 Å². The summed E-state index contributed by atoms with van der Waals surface area (Å²) in [5.41, 5.74) is 3.47. The molecule has 0 radical (unpaired) electrons. The number of ether oxygens (including phenoxy) is 1. The summed E-state index contributed by atoms with van der Waals surface area (Å²) in [4.78, 5) is 32.8. The highest BCUT2D eigenvalue weighted by molar-refractivity contribution is 7.08. The molecule has 2 aliphatic rings. The summed E-state index contributed by atoms with van der Waals surface area (Å²) < 4.78 is 5.76. The lowest BCUT2D eigenvalue weighted by atomic mass is 9.89. The molecule has 3 heterocycles. The molecule has 1 atom stereocenters. The minimum absolute atomic E-state index is 0.146. The molecule has 1 unspecified atom stereocenters. The molecule has 2 aromatic heterocycles. The van der Waals surface area contributed by atoms with Crippen LogP contribution in [0.15, 0.2) is 70.8 Å². The summed E-state index contributed by atoms with van der Waals surface area (Å²) in [7, 11) is 0. The molecule has 5 rings (SSSR count). The van der Waals surface area contributed by atoms with Crippen molar-refractivity contribution in [2.75, 3.05) is 11.5 Å². The molecule has 1 saturated carbocycles. The highest BCUT2D eigenvalue weighted by Gasteiger charge is 2.47. The normalized spacial score (nSPS) is 18.7. The number of ketones is 1. The van der Waals surface area contributed by atoms with E-state index in [2.05, 4.69) is 10.4 Å². The number of pyridine rings is 1. The van der Waals surface area contributed by atoms with Crippen molar-refractivity contribution in [2.24, 2.45) is 5.92 Å². The molecule has 0 bridgehead atoms. The molecule has 1 aromatic carbocycles. The molecular weight excluding hydrogens is 448 g/mol. The molecule has 174 valence electrons. The van der Waals surface area contributed by atoms with Crippen molar-refractivity contribution < 1.29 is 19.4 Å². The fraction of sp³-hybridized carbons (Fsp3) is 0.296. The van der Waals surface area contributed by atoms with Gasteiger partial charge in [0, 0.05) is 23.4 Å². The maximum atomic E-state index is 13.6. The van der Waals surface area contributed by atoms with Gasteiger partial charge in [0.2, 0.25) is 5.88 Å². The summed E-state index contributed by atoms with van der Waals surface area (Å²) in [6.07, 6.45) is 5.13. The first-order valence-corrected chi connectivity index (χ1v) is 12.6. The molecule has 1 aliphatic heterocycles. The Hall–Kier alpha value is -3.45. The number of aromatic nitrogens is 1. The second kappa shape index (κ2) is 9.43. The third-order valence-electron chi connectivity index (χ3n) is 6.58. The number of hydrogen-bond acceptors (Lipinski definition) is 6. The van der Waals surface area contributed by atoms with E-state index in [0.717, 1.165) is 36.8 Å². The smallest absolute Gasteiger partial charge is 0.294 e. The van der Waals surface area contributed by atoms with Gasteiger partial charge in [0.1, 0.15) is 6.04 Å². The topological polar surface area (TPSA) is 79.7 Å². The molecule has 1 amide bonds. The van der Waals surface area contributed by atoms with E-state index in [0.29, 0.717) is 23.7 Å². The third kappa shape index (κ3) is 3.90. The third-order valence-corrected chi connectivity index (χ3v) is 7.26. The maximum absolute atomic E-state index is 13.6. The minimum Gasteiger partial charge on any atom is -0.503 e. The number of carbonyl (C=O) groups excluding carboxylic acids is 2. The van der Waals surface area contributed by atoms with E-state index in [1.807, 2.05) is 48.7 Å². The molecule has 1 fully saturated rings. The summed E-state index contributed by atoms with van der Waals surface area (Å²) in [6.45, 7) is 2.25. The number of anilines is 1. The van der Waals surface area contributed by atoms with Crippen LogP contribution in [0.5, 0.6) is 5.88 Å². The monoisotopic (exact) mass is 474 g/mol. The molecule has 0 saturated heterocycles. The van der Waals surface area contributed by atoms with E-state index in [1.165, 1.54) is 4.90 Å². The van der Waals surface area contributed by atoms with Crippen LogP contribution >= 0.6 is 11.3 Å². The second-order valence-corrected chi connectivity index (χ2v) is 9.36. The van der Waals surface area contributed by atoms with Crippen molar-refractivity contribution >= 4 is 28.7 Å². The first-order chi connectivity index (χ1) is 16.6. The largest absolute Gasteiger partial charge is 0.503 e. The highest BCUT2D eigenvalue weighted by atomic mass is 32.1. The van der Waals surface area contributed by atoms with Gasteiger partial charge in [-0.25, -0.2) is 4.98 Å². The molecule has 3 aromatic rings. The molecular formula is C27H26N2O4S. The van der Waals surface area contributed by atoms with Gasteiger partial charge in [-0.15, -0.1) is 0 Å². The molecule has 1 aliphatic carbocycles. The van der Waals surface area contributed by atoms with Gasteiger partial charge in [-0.3, -0.25) is 14.5 Å². The number of Topliss-reactive ketones (excluding diaryl/α,β-unsaturated/α-hetero) is 1. The number of nitrogens with zero attached hydrogens (tertiary/aromatic N) is 2. The van der Waals surface area contributed by atoms with Gasteiger partial charge in [0.15, 0.2) is 11.5 Å². The fourth-order valence-electron chi connectivity index (χ4n) is 4.94. The van der Waals surface area contributed by atoms with Crippen LogP contribution in [0.3, 0.4) is 0 Å². The van der Waals surface area contributed by atoms with Gasteiger partial charge >= 0.3 is 0 Å². The Morgan fingerprint density at radius 3 is 2.59 bits per heavy atom. The van der Waals surface area contributed by atoms with Crippen LogP contribution in [-0.2, 0) is 9.59 Å². The van der Waals surface area contributed by atoms with Crippen LogP contribution in [0.4, 0.5) is 5.69 Å². The summed E-state index contributed by atoms with van der Waals surface area (Å²) >= 11 is 1.62. The summed E-state index contributed by atoms with van der Waals surface area (Å²) in [5, 5.41) is 15.1. The number of rotatable bonds is 7. The number of aliphatic hydroxyl groups excluding tert-OH is 1. The Kier molecular flexibility index (Phi) is 6.20. The Balaban J connectivity index is 1.61. The fourth-order valence-corrected chi connectivity index (χ4v) is 5.60. The summed E-state index contributed by atoms with van der Waals surface area (Å²) in [5.74, 6) is -1.04. The zero-order chi connectivity index (χ0) is 23.7. The van der Waals surface area contributed by atoms with Gasteiger partial charge in [-0.05, 0) is 72.0 Å². The number of aliphatic hydroxyl groups is 1. The molecule has 1 N–H and O–H groups in total. The lowest BCUT2D eigenvalue weighted by Crippen LogP contribution is -2.32. The van der Waals surface area contributed by atoms with E-state index in [9.17, 15) is 14.7 Å². The number of benzene rings is 1. The van der Waals surface area contributed by atoms with Crippen LogP contribution in [0.2, 0.25) is 0 Å². The number of carbonyl (C=O) groups is 2. The SMILES string of the molecule is CCOc1ncccc1C1C(C(=O)C2CCCC2)=C(O)C(=O)N1c1ccc(-c2ccsc2)cc1. The van der Waals surface area contributed by atoms with Crippen molar-refractivity contribution in [3.05, 3.63) is 76.3 Å². The maximum Gasteiger partial charge on any atom is 0.294 e. The van der Waals surface area contributed by atoms with E-state index in [1.54, 1.807) is 23.6 Å². The van der Waals surface area contributed by atoms with Crippen molar-refractivity contribution in [3.8, 4) is 17.0 Å². The van der Waals surface area contributed by atoms with Crippen LogP contribution in [-0.4, -0.2) is 28.4 Å². The lowest BCUT2D eigenvalue weighted by molar-refractivity contribution is -0.120. The quantitative estimate of drug-likeness (QED) is 0.463. The first kappa shape index (κ1) is 22.3. The summed E-state index contributed by atoms with van der Waals surface area (Å²) in [6, 6.07) is 12.4. The zero-order valence-electron chi connectivity index (χ0n) is 18.9. The number of amides is 1. The zero-order valence-corrected chi connectivity index (χ0v) is 19.8. The van der Waals surface area contributed by atoms with Crippen molar-refractivity contribution in [1.82, 2.24) is 4.98 Å². The highest BCUT2D eigenvalue weighted by Crippen LogP contribution is 2.45. The molecule has 34 heavy (non-hydrogen) atoms. The Morgan fingerprint density at radius 2 is 1.91 bits per heavy atom. The molecule has 7 heteroatoms. The average molecular weight is 475 g/mol. The Morgan fingerprint density at radius 1 is 1.15 bits per heavy atom. The second-order valence-electron chi connectivity index (χ2n) is 8.58. The lowest BCUT2D eigenvalue weighted by Gasteiger charge is -2.28. The van der Waals surface area contributed by atoms with E-state index in [-0.39, 0.29) is 17.3 Å². The van der Waals surface area contributed by atoms with Gasteiger partial charge in [-0.1, -0.05) is 25.0 Å². The van der Waals surface area contributed by atoms with E-state index >= 15 is 0 Å². The minimum atomic E-state index is -0.803.